The molecular weight excluding hydrogens is 284 g/mol. The number of fused-ring (bicyclic) bond motifs is 1. The fourth-order valence-corrected chi connectivity index (χ4v) is 2.86. The van der Waals surface area contributed by atoms with E-state index in [1.54, 1.807) is 18.0 Å². The molecule has 2 aromatic heterocycles. The summed E-state index contributed by atoms with van der Waals surface area (Å²) in [6, 6.07) is 8.07. The number of benzene rings is 1. The third kappa shape index (κ3) is 3.39. The lowest BCUT2D eigenvalue weighted by molar-refractivity contribution is 0.382. The molecule has 0 atom stereocenters. The van der Waals surface area contributed by atoms with Crippen molar-refractivity contribution in [2.24, 2.45) is 5.92 Å². The molecule has 0 amide bonds. The molecule has 0 unspecified atom stereocenters. The van der Waals surface area contributed by atoms with Crippen LogP contribution in [0.2, 0.25) is 0 Å². The Bertz CT molecular complexity index is 736. The van der Waals surface area contributed by atoms with Gasteiger partial charge in [0.15, 0.2) is 5.82 Å². The molecule has 3 aromatic rings. The summed E-state index contributed by atoms with van der Waals surface area (Å²) in [6.07, 6.45) is 2.61. The van der Waals surface area contributed by atoms with E-state index in [1.165, 1.54) is 0 Å². The third-order valence-electron chi connectivity index (χ3n) is 2.97. The Kier molecular flexibility index (Phi) is 4.15. The first-order chi connectivity index (χ1) is 10.2. The van der Waals surface area contributed by atoms with Crippen LogP contribution in [-0.2, 0) is 12.2 Å². The maximum Gasteiger partial charge on any atom is 0.237 e. The van der Waals surface area contributed by atoms with Gasteiger partial charge in [-0.1, -0.05) is 55.0 Å². The monoisotopic (exact) mass is 300 g/mol. The van der Waals surface area contributed by atoms with Gasteiger partial charge in [0.05, 0.1) is 11.9 Å². The van der Waals surface area contributed by atoms with Gasteiger partial charge in [0.2, 0.25) is 5.89 Å². The van der Waals surface area contributed by atoms with Crippen molar-refractivity contribution >= 4 is 22.5 Å². The molecule has 0 radical (unpaired) electrons. The zero-order valence-corrected chi connectivity index (χ0v) is 12.8. The average molecular weight is 300 g/mol. The predicted octanol–water partition coefficient (Wildman–Crippen LogP) is 3.50. The van der Waals surface area contributed by atoms with Crippen LogP contribution in [0.3, 0.4) is 0 Å². The van der Waals surface area contributed by atoms with E-state index in [2.05, 4.69) is 34.2 Å². The van der Waals surface area contributed by atoms with Crippen molar-refractivity contribution in [1.29, 1.82) is 0 Å². The number of hydrogen-bond donors (Lipinski definition) is 0. The summed E-state index contributed by atoms with van der Waals surface area (Å²) >= 11 is 1.57. The Morgan fingerprint density at radius 2 is 2.10 bits per heavy atom. The molecule has 0 aliphatic heterocycles. The van der Waals surface area contributed by atoms with Crippen molar-refractivity contribution in [2.75, 3.05) is 0 Å². The smallest absolute Gasteiger partial charge is 0.237 e. The second kappa shape index (κ2) is 6.22. The van der Waals surface area contributed by atoms with Gasteiger partial charge in [-0.3, -0.25) is 0 Å². The Hall–Kier alpha value is -1.95. The highest BCUT2D eigenvalue weighted by Crippen LogP contribution is 2.27. The molecule has 0 aliphatic rings. The van der Waals surface area contributed by atoms with E-state index in [9.17, 15) is 0 Å². The summed E-state index contributed by atoms with van der Waals surface area (Å²) in [6.45, 7) is 4.27. The summed E-state index contributed by atoms with van der Waals surface area (Å²) in [5.41, 5.74) is 0. The van der Waals surface area contributed by atoms with Gasteiger partial charge in [-0.2, -0.15) is 10.1 Å². The molecular formula is C15H16N4OS. The highest BCUT2D eigenvalue weighted by molar-refractivity contribution is 7.98. The van der Waals surface area contributed by atoms with E-state index >= 15 is 0 Å². The second-order valence-corrected chi connectivity index (χ2v) is 6.19. The first-order valence-electron chi connectivity index (χ1n) is 6.87. The fraction of sp³-hybridized carbons (Fsp3) is 0.333. The molecule has 0 N–H and O–H groups in total. The third-order valence-corrected chi connectivity index (χ3v) is 3.94. The lowest BCUT2D eigenvalue weighted by Gasteiger charge is -2.01. The zero-order chi connectivity index (χ0) is 14.7. The van der Waals surface area contributed by atoms with Crippen molar-refractivity contribution in [3.63, 3.8) is 0 Å². The molecule has 0 fully saturated rings. The highest BCUT2D eigenvalue weighted by Gasteiger charge is 2.10. The first kappa shape index (κ1) is 14.0. The summed E-state index contributed by atoms with van der Waals surface area (Å²) in [5, 5.41) is 15.3. The summed E-state index contributed by atoms with van der Waals surface area (Å²) in [4.78, 5) is 4.40. The van der Waals surface area contributed by atoms with E-state index < -0.39 is 0 Å². The van der Waals surface area contributed by atoms with Crippen molar-refractivity contribution < 1.29 is 4.52 Å². The van der Waals surface area contributed by atoms with Crippen LogP contribution in [0.4, 0.5) is 0 Å². The van der Waals surface area contributed by atoms with Gasteiger partial charge in [-0.05, 0) is 5.92 Å². The minimum Gasteiger partial charge on any atom is -0.338 e. The van der Waals surface area contributed by atoms with Crippen LogP contribution in [0, 0.1) is 5.92 Å². The van der Waals surface area contributed by atoms with Crippen LogP contribution in [0.5, 0.6) is 0 Å². The maximum absolute atomic E-state index is 5.27. The zero-order valence-electron chi connectivity index (χ0n) is 12.0. The topological polar surface area (TPSA) is 64.7 Å². The number of nitrogens with zero attached hydrogens (tertiary/aromatic N) is 4. The van der Waals surface area contributed by atoms with E-state index in [1.807, 2.05) is 24.3 Å². The van der Waals surface area contributed by atoms with E-state index in [4.69, 9.17) is 4.52 Å². The van der Waals surface area contributed by atoms with Crippen molar-refractivity contribution in [1.82, 2.24) is 20.3 Å². The predicted molar refractivity (Wildman–Crippen MR) is 81.9 cm³/mol. The number of hydrogen-bond acceptors (Lipinski definition) is 6. The molecule has 2 heterocycles. The van der Waals surface area contributed by atoms with Crippen LogP contribution in [0.15, 0.2) is 40.0 Å². The Labute approximate surface area is 127 Å². The summed E-state index contributed by atoms with van der Waals surface area (Å²) < 4.78 is 5.27. The van der Waals surface area contributed by atoms with Gasteiger partial charge in [0.25, 0.3) is 0 Å². The Balaban J connectivity index is 1.73. The van der Waals surface area contributed by atoms with Gasteiger partial charge in [0.1, 0.15) is 5.03 Å². The van der Waals surface area contributed by atoms with Gasteiger partial charge < -0.3 is 4.52 Å². The number of thioether (sulfide) groups is 1. The number of aromatic nitrogens is 4. The van der Waals surface area contributed by atoms with Crippen LogP contribution in [0.25, 0.3) is 10.8 Å². The van der Waals surface area contributed by atoms with Crippen molar-refractivity contribution in [3.05, 3.63) is 42.2 Å². The normalized spacial score (nSPS) is 11.4. The first-order valence-corrected chi connectivity index (χ1v) is 7.85. The standard InChI is InChI=1S/C15H16N4OS/c1-10(2)7-13-17-14(20-19-13)9-21-15-12-6-4-3-5-11(12)8-16-18-15/h3-6,8,10H,7,9H2,1-2H3. The van der Waals surface area contributed by atoms with Crippen molar-refractivity contribution in [3.8, 4) is 0 Å². The fourth-order valence-electron chi connectivity index (χ4n) is 2.04. The van der Waals surface area contributed by atoms with E-state index in [-0.39, 0.29) is 0 Å². The minimum absolute atomic E-state index is 0.520. The van der Waals surface area contributed by atoms with Gasteiger partial charge in [-0.15, -0.1) is 5.10 Å². The molecule has 0 bridgehead atoms. The Morgan fingerprint density at radius 3 is 2.95 bits per heavy atom. The molecule has 1 aromatic carbocycles. The lowest BCUT2D eigenvalue weighted by atomic mass is 10.1. The molecule has 0 saturated carbocycles. The van der Waals surface area contributed by atoms with Gasteiger partial charge in [-0.25, -0.2) is 0 Å². The summed E-state index contributed by atoms with van der Waals surface area (Å²) in [5.74, 6) is 2.52. The van der Waals surface area contributed by atoms with Gasteiger partial charge >= 0.3 is 0 Å². The van der Waals surface area contributed by atoms with Crippen molar-refractivity contribution in [2.45, 2.75) is 31.0 Å². The van der Waals surface area contributed by atoms with E-state index in [0.717, 1.165) is 28.0 Å². The SMILES string of the molecule is CC(C)Cc1noc(CSc2nncc3ccccc23)n1. The van der Waals surface area contributed by atoms with Gasteiger partial charge in [0, 0.05) is 17.2 Å². The molecule has 6 heteroatoms. The molecule has 0 saturated heterocycles. The molecule has 0 spiro atoms. The lowest BCUT2D eigenvalue weighted by Crippen LogP contribution is -1.96. The van der Waals surface area contributed by atoms with E-state index in [0.29, 0.717) is 17.6 Å². The van der Waals surface area contributed by atoms with Crippen LogP contribution < -0.4 is 0 Å². The molecule has 0 aliphatic carbocycles. The number of rotatable bonds is 5. The molecule has 5 nitrogen and oxygen atoms in total. The molecule has 21 heavy (non-hydrogen) atoms. The quantitative estimate of drug-likeness (QED) is 0.672. The molecule has 108 valence electrons. The van der Waals surface area contributed by atoms with Crippen LogP contribution in [0.1, 0.15) is 25.6 Å². The Morgan fingerprint density at radius 1 is 1.24 bits per heavy atom. The van der Waals surface area contributed by atoms with Crippen LogP contribution in [-0.4, -0.2) is 20.3 Å². The van der Waals surface area contributed by atoms with Crippen LogP contribution >= 0.6 is 11.8 Å². The maximum atomic E-state index is 5.27. The average Bonchev–Trinajstić information content (AvgIpc) is 2.92. The second-order valence-electron chi connectivity index (χ2n) is 5.23. The highest BCUT2D eigenvalue weighted by atomic mass is 32.2. The molecule has 3 rings (SSSR count). The minimum atomic E-state index is 0.520. The summed E-state index contributed by atoms with van der Waals surface area (Å²) in [7, 11) is 0. The largest absolute Gasteiger partial charge is 0.338 e.